The lowest BCUT2D eigenvalue weighted by atomic mass is 10.1. The Morgan fingerprint density at radius 3 is 3.00 bits per heavy atom. The number of thioether (sulfide) groups is 2. The topological polar surface area (TPSA) is 59.3 Å². The van der Waals surface area contributed by atoms with E-state index in [0.29, 0.717) is 5.75 Å². The largest absolute Gasteiger partial charge is 0.333 e. The third kappa shape index (κ3) is 4.20. The molecule has 4 rings (SSSR count). The van der Waals surface area contributed by atoms with Crippen molar-refractivity contribution >= 4 is 56.7 Å². The molecule has 0 saturated carbocycles. The molecular weight excluding hydrogens is 408 g/mol. The molecule has 1 atom stereocenters. The number of nitrogens with one attached hydrogen (secondary N) is 2. The lowest BCUT2D eigenvalue weighted by molar-refractivity contribution is -0.895. The van der Waals surface area contributed by atoms with Gasteiger partial charge < -0.3 is 10.2 Å². The maximum atomic E-state index is 12.5. The number of aryl methyl sites for hydroxylation is 1. The Balaban J connectivity index is 1.58. The quantitative estimate of drug-likeness (QED) is 0.369. The van der Waals surface area contributed by atoms with Crippen LogP contribution in [0.25, 0.3) is 10.2 Å². The smallest absolute Gasteiger partial charge is 0.234 e. The molecular formula is C20H23N4OS3+. The monoisotopic (exact) mass is 431 g/mol. The summed E-state index contributed by atoms with van der Waals surface area (Å²) in [5.41, 5.74) is 3.35. The molecule has 1 amide bonds. The number of nitrogens with zero attached hydrogens (tertiary/aromatic N) is 2. The van der Waals surface area contributed by atoms with E-state index in [2.05, 4.69) is 12.4 Å². The summed E-state index contributed by atoms with van der Waals surface area (Å²) in [6, 6.07) is 7.86. The zero-order valence-electron chi connectivity index (χ0n) is 16.2. The van der Waals surface area contributed by atoms with Crippen molar-refractivity contribution in [1.82, 2.24) is 9.97 Å². The van der Waals surface area contributed by atoms with Crippen molar-refractivity contribution in [2.75, 3.05) is 30.9 Å². The Morgan fingerprint density at radius 1 is 1.36 bits per heavy atom. The van der Waals surface area contributed by atoms with Crippen LogP contribution in [0.15, 0.2) is 34.4 Å². The second-order valence-electron chi connectivity index (χ2n) is 7.04. The lowest BCUT2D eigenvalue weighted by Crippen LogP contribution is -3.08. The maximum absolute atomic E-state index is 12.5. The number of benzene rings is 1. The standard InChI is InChI=1S/C20H22N4OS3/c1-12-5-4-6-13(9-12)21-16(25)11-27-18-17-14-7-8-24(2)10-15(14)28-19(17)23-20(22-18)26-3/h4-6,9H,7-8,10-11H2,1-3H3,(H,21,25)/p+1. The van der Waals surface area contributed by atoms with Crippen LogP contribution in [0.4, 0.5) is 5.69 Å². The fraction of sp³-hybridized carbons (Fsp3) is 0.350. The first-order valence-corrected chi connectivity index (χ1v) is 12.2. The van der Waals surface area contributed by atoms with E-state index in [1.807, 2.05) is 37.4 Å². The Labute approximate surface area is 177 Å². The fourth-order valence-electron chi connectivity index (χ4n) is 3.41. The van der Waals surface area contributed by atoms with Crippen LogP contribution in [0.1, 0.15) is 16.0 Å². The van der Waals surface area contributed by atoms with Crippen LogP contribution in [-0.2, 0) is 17.8 Å². The number of hydrogen-bond donors (Lipinski definition) is 2. The SMILES string of the molecule is CSc1nc(SCC(=O)Nc2cccc(C)c2)c2c3c(sc2n1)C[NH+](C)CC3. The first-order valence-electron chi connectivity index (χ1n) is 9.20. The predicted molar refractivity (Wildman–Crippen MR) is 119 cm³/mol. The molecule has 0 fully saturated rings. The van der Waals surface area contributed by atoms with Crippen LogP contribution in [0.5, 0.6) is 0 Å². The molecule has 0 saturated heterocycles. The molecule has 5 nitrogen and oxygen atoms in total. The Hall–Kier alpha value is -1.61. The molecule has 146 valence electrons. The van der Waals surface area contributed by atoms with E-state index in [1.165, 1.54) is 32.5 Å². The number of quaternary nitrogens is 1. The highest BCUT2D eigenvalue weighted by Crippen LogP contribution is 2.37. The average Bonchev–Trinajstić information content (AvgIpc) is 3.03. The molecule has 2 aromatic heterocycles. The summed E-state index contributed by atoms with van der Waals surface area (Å²) in [4.78, 5) is 26.0. The number of thiophene rings is 1. The van der Waals surface area contributed by atoms with Crippen LogP contribution in [0, 0.1) is 6.92 Å². The molecule has 1 aromatic carbocycles. The van der Waals surface area contributed by atoms with Gasteiger partial charge >= 0.3 is 0 Å². The van der Waals surface area contributed by atoms with Gasteiger partial charge in [-0.3, -0.25) is 4.79 Å². The Kier molecular flexibility index (Phi) is 5.91. The number of amides is 1. The highest BCUT2D eigenvalue weighted by molar-refractivity contribution is 8.00. The second-order valence-corrected chi connectivity index (χ2v) is 9.86. The molecule has 3 aromatic rings. The molecule has 1 unspecified atom stereocenters. The molecule has 0 radical (unpaired) electrons. The highest BCUT2D eigenvalue weighted by atomic mass is 32.2. The van der Waals surface area contributed by atoms with Crippen molar-refractivity contribution in [1.29, 1.82) is 0 Å². The van der Waals surface area contributed by atoms with Crippen molar-refractivity contribution in [3.05, 3.63) is 40.3 Å². The van der Waals surface area contributed by atoms with Gasteiger partial charge in [0.05, 0.1) is 24.2 Å². The summed E-state index contributed by atoms with van der Waals surface area (Å²) in [6.45, 7) is 4.19. The van der Waals surface area contributed by atoms with Gasteiger partial charge in [-0.25, -0.2) is 9.97 Å². The normalized spacial score (nSPS) is 16.2. The van der Waals surface area contributed by atoms with E-state index in [9.17, 15) is 4.79 Å². The molecule has 28 heavy (non-hydrogen) atoms. The van der Waals surface area contributed by atoms with E-state index in [0.717, 1.165) is 45.8 Å². The summed E-state index contributed by atoms with van der Waals surface area (Å²) in [5, 5.41) is 5.86. The minimum absolute atomic E-state index is 0.0126. The molecule has 2 N–H and O–H groups in total. The first kappa shape index (κ1) is 19.7. The zero-order valence-corrected chi connectivity index (χ0v) is 18.6. The van der Waals surface area contributed by atoms with E-state index in [1.54, 1.807) is 23.1 Å². The van der Waals surface area contributed by atoms with E-state index >= 15 is 0 Å². The maximum Gasteiger partial charge on any atom is 0.234 e. The molecule has 0 bridgehead atoms. The summed E-state index contributed by atoms with van der Waals surface area (Å²) in [5.74, 6) is 0.324. The van der Waals surface area contributed by atoms with Crippen LogP contribution in [0.2, 0.25) is 0 Å². The minimum atomic E-state index is -0.0126. The minimum Gasteiger partial charge on any atom is -0.333 e. The zero-order chi connectivity index (χ0) is 19.7. The number of likely N-dealkylation sites (N-methyl/N-ethyl adjacent to an activating group) is 1. The van der Waals surface area contributed by atoms with Crippen LogP contribution in [-0.4, -0.2) is 41.5 Å². The van der Waals surface area contributed by atoms with Gasteiger partial charge in [-0.2, -0.15) is 0 Å². The third-order valence-electron chi connectivity index (χ3n) is 4.77. The van der Waals surface area contributed by atoms with Crippen molar-refractivity contribution in [2.24, 2.45) is 0 Å². The second kappa shape index (κ2) is 8.41. The number of carbonyl (C=O) groups is 1. The molecule has 8 heteroatoms. The summed E-state index contributed by atoms with van der Waals surface area (Å²) in [6.07, 6.45) is 3.04. The number of aromatic nitrogens is 2. The van der Waals surface area contributed by atoms with E-state index < -0.39 is 0 Å². The molecule has 1 aliphatic rings. The van der Waals surface area contributed by atoms with Gasteiger partial charge in [0.25, 0.3) is 0 Å². The molecule has 0 aliphatic carbocycles. The van der Waals surface area contributed by atoms with Crippen molar-refractivity contribution in [3.8, 4) is 0 Å². The summed E-state index contributed by atoms with van der Waals surface area (Å²) >= 11 is 4.85. The van der Waals surface area contributed by atoms with Crippen molar-refractivity contribution in [2.45, 2.75) is 30.1 Å². The third-order valence-corrected chi connectivity index (χ3v) is 7.42. The molecule has 0 spiro atoms. The number of rotatable bonds is 5. The number of hydrogen-bond acceptors (Lipinski definition) is 6. The summed E-state index contributed by atoms with van der Waals surface area (Å²) < 4.78 is 0. The van der Waals surface area contributed by atoms with Gasteiger partial charge in [-0.15, -0.1) is 11.3 Å². The van der Waals surface area contributed by atoms with Crippen LogP contribution in [0.3, 0.4) is 0 Å². The number of fused-ring (bicyclic) bond motifs is 3. The summed E-state index contributed by atoms with van der Waals surface area (Å²) in [7, 11) is 2.23. The predicted octanol–water partition coefficient (Wildman–Crippen LogP) is 3.02. The van der Waals surface area contributed by atoms with Gasteiger partial charge in [0.2, 0.25) is 5.91 Å². The van der Waals surface area contributed by atoms with E-state index in [-0.39, 0.29) is 5.91 Å². The van der Waals surface area contributed by atoms with Gasteiger partial charge in [0.1, 0.15) is 16.4 Å². The Bertz CT molecular complexity index is 1030. The highest BCUT2D eigenvalue weighted by Gasteiger charge is 2.25. The van der Waals surface area contributed by atoms with Gasteiger partial charge in [0, 0.05) is 17.5 Å². The fourth-order valence-corrected chi connectivity index (χ4v) is 6.14. The first-order chi connectivity index (χ1) is 13.5. The Morgan fingerprint density at radius 2 is 2.21 bits per heavy atom. The molecule has 1 aliphatic heterocycles. The van der Waals surface area contributed by atoms with Crippen molar-refractivity contribution < 1.29 is 9.69 Å². The molecule has 3 heterocycles. The number of carbonyl (C=O) groups excluding carboxylic acids is 1. The van der Waals surface area contributed by atoms with Crippen molar-refractivity contribution in [3.63, 3.8) is 0 Å². The van der Waals surface area contributed by atoms with Gasteiger partial charge in [-0.05, 0) is 36.4 Å². The lowest BCUT2D eigenvalue weighted by Gasteiger charge is -2.19. The van der Waals surface area contributed by atoms with Gasteiger partial charge in [0.15, 0.2) is 5.16 Å². The van der Waals surface area contributed by atoms with Gasteiger partial charge in [-0.1, -0.05) is 35.7 Å². The van der Waals surface area contributed by atoms with Crippen LogP contribution >= 0.6 is 34.9 Å². The van der Waals surface area contributed by atoms with Crippen LogP contribution < -0.4 is 10.2 Å². The average molecular weight is 432 g/mol. The van der Waals surface area contributed by atoms with E-state index in [4.69, 9.17) is 9.97 Å². The number of anilines is 1.